The monoisotopic (exact) mass is 511 g/mol. The van der Waals surface area contributed by atoms with Crippen LogP contribution in [0.3, 0.4) is 0 Å². The van der Waals surface area contributed by atoms with Gasteiger partial charge in [-0.05, 0) is 43.7 Å². The summed E-state index contributed by atoms with van der Waals surface area (Å²) in [5.41, 5.74) is 4.79. The van der Waals surface area contributed by atoms with Crippen molar-refractivity contribution in [2.24, 2.45) is 0 Å². The first kappa shape index (κ1) is 26.1. The number of imidazole rings is 2. The van der Waals surface area contributed by atoms with Crippen LogP contribution in [0.5, 0.6) is 0 Å². The maximum atomic E-state index is 12.9. The van der Waals surface area contributed by atoms with Crippen LogP contribution in [-0.2, 0) is 4.74 Å². The third-order valence-corrected chi connectivity index (χ3v) is 5.77. The summed E-state index contributed by atoms with van der Waals surface area (Å²) in [4.78, 5) is 41.2. The highest BCUT2D eigenvalue weighted by Gasteiger charge is 2.17. The van der Waals surface area contributed by atoms with Crippen molar-refractivity contribution in [3.05, 3.63) is 90.6 Å². The second kappa shape index (κ2) is 11.4. The first-order valence-electron chi connectivity index (χ1n) is 11.8. The summed E-state index contributed by atoms with van der Waals surface area (Å²) in [5.74, 6) is -0.0213. The second-order valence-corrected chi connectivity index (χ2v) is 8.31. The van der Waals surface area contributed by atoms with Gasteiger partial charge in [-0.2, -0.15) is 0 Å². The zero-order valence-corrected chi connectivity index (χ0v) is 20.3. The number of hydrogen-bond donors (Lipinski definition) is 3. The molecule has 3 heterocycles. The molecule has 10 heteroatoms. The molecule has 0 spiro atoms. The number of nitrogens with one attached hydrogen (secondary N) is 3. The summed E-state index contributed by atoms with van der Waals surface area (Å²) in [7, 11) is 0. The number of fused-ring (bicyclic) bond motifs is 1. The molecule has 0 aliphatic carbocycles. The van der Waals surface area contributed by atoms with Crippen molar-refractivity contribution in [1.82, 2.24) is 29.8 Å². The van der Waals surface area contributed by atoms with Crippen LogP contribution < -0.4 is 10.6 Å². The highest BCUT2D eigenvalue weighted by atomic mass is 16.5. The van der Waals surface area contributed by atoms with Crippen molar-refractivity contribution >= 4 is 29.0 Å². The van der Waals surface area contributed by atoms with Gasteiger partial charge < -0.3 is 19.6 Å². The number of carbonyl (C=O) groups is 2. The lowest BCUT2D eigenvalue weighted by molar-refractivity contribution is 0.0935. The maximum Gasteiger partial charge on any atom is 0.413 e. The third kappa shape index (κ3) is 5.54. The van der Waals surface area contributed by atoms with E-state index in [2.05, 4.69) is 30.6 Å². The molecule has 3 N–H and O–H groups in total. The van der Waals surface area contributed by atoms with Gasteiger partial charge in [0, 0.05) is 23.6 Å². The molecule has 0 fully saturated rings. The Balaban J connectivity index is 0.00000336. The van der Waals surface area contributed by atoms with E-state index in [-0.39, 0.29) is 37.6 Å². The number of ether oxygens (including phenoxy) is 1. The Morgan fingerprint density at radius 3 is 2.61 bits per heavy atom. The highest BCUT2D eigenvalue weighted by Crippen LogP contribution is 2.30. The predicted octanol–water partition coefficient (Wildman–Crippen LogP) is 5.51. The number of pyridine rings is 1. The van der Waals surface area contributed by atoms with E-state index in [4.69, 9.17) is 4.74 Å². The summed E-state index contributed by atoms with van der Waals surface area (Å²) in [6, 6.07) is 18.9. The van der Waals surface area contributed by atoms with Crippen molar-refractivity contribution in [3.63, 3.8) is 0 Å². The minimum Gasteiger partial charge on any atom is -0.450 e. The molecule has 3 aromatic heterocycles. The van der Waals surface area contributed by atoms with Crippen molar-refractivity contribution in [2.75, 3.05) is 11.9 Å². The molecule has 2 aromatic carbocycles. The molecule has 0 aliphatic heterocycles. The second-order valence-electron chi connectivity index (χ2n) is 8.31. The fourth-order valence-electron chi connectivity index (χ4n) is 3.97. The first-order valence-corrected chi connectivity index (χ1v) is 11.8. The summed E-state index contributed by atoms with van der Waals surface area (Å²) in [6.45, 7) is 3.90. The van der Waals surface area contributed by atoms with E-state index in [1.165, 1.54) is 0 Å². The first-order chi connectivity index (χ1) is 18.0. The number of carbonyl (C=O) groups excluding carboxylic acids is 2. The molecule has 5 rings (SSSR count). The lowest BCUT2D eigenvalue weighted by atomic mass is 10.1. The molecule has 0 saturated carbocycles. The molecule has 5 aromatic rings. The minimum absolute atomic E-state index is 0. The van der Waals surface area contributed by atoms with E-state index in [1.54, 1.807) is 30.2 Å². The average molecular weight is 512 g/mol. The molecule has 0 radical (unpaired) electrons. The molecule has 194 valence electrons. The van der Waals surface area contributed by atoms with E-state index >= 15 is 0 Å². The van der Waals surface area contributed by atoms with E-state index < -0.39 is 6.09 Å². The van der Waals surface area contributed by atoms with Gasteiger partial charge in [0.05, 0.1) is 23.9 Å². The maximum absolute atomic E-state index is 12.9. The molecule has 0 saturated heterocycles. The van der Waals surface area contributed by atoms with Crippen LogP contribution in [0.2, 0.25) is 0 Å². The molecule has 0 bridgehead atoms. The van der Waals surface area contributed by atoms with Gasteiger partial charge in [0.2, 0.25) is 5.95 Å². The Labute approximate surface area is 220 Å². The Morgan fingerprint density at radius 2 is 1.87 bits per heavy atom. The number of aromatic amines is 1. The number of rotatable bonds is 7. The summed E-state index contributed by atoms with van der Waals surface area (Å²) >= 11 is 0. The van der Waals surface area contributed by atoms with E-state index in [0.717, 1.165) is 16.8 Å². The van der Waals surface area contributed by atoms with Crippen molar-refractivity contribution in [1.29, 1.82) is 0 Å². The van der Waals surface area contributed by atoms with Gasteiger partial charge in [0.25, 0.3) is 5.91 Å². The van der Waals surface area contributed by atoms with Gasteiger partial charge in [-0.1, -0.05) is 43.8 Å². The van der Waals surface area contributed by atoms with Crippen LogP contribution in [0.25, 0.3) is 28.0 Å². The molecule has 2 amide bonds. The molecule has 1 atom stereocenters. The number of H-pyrrole nitrogens is 1. The Morgan fingerprint density at radius 1 is 1.08 bits per heavy atom. The minimum atomic E-state index is -0.601. The topological polar surface area (TPSA) is 127 Å². The van der Waals surface area contributed by atoms with Gasteiger partial charge in [-0.3, -0.25) is 15.1 Å². The standard InChI is InChI=1S/C27H25N7O3.CH4/c1-3-37-27(36)33-26-31-22-14-19(13-20(24(22)32-26)21-11-7-8-12-28-21)34-15-23(29-16-34)25(35)30-17(2)18-9-5-4-6-10-18;/h4-17H,3H2,1-2H3,(H,30,35)(H2,31,32,33,36);1H4/t17-;/m0./s1. The zero-order chi connectivity index (χ0) is 25.8. The fourth-order valence-corrected chi connectivity index (χ4v) is 3.97. The number of hydrogen-bond acceptors (Lipinski definition) is 6. The number of benzene rings is 2. The van der Waals surface area contributed by atoms with Gasteiger partial charge in [-0.25, -0.2) is 14.8 Å². The Hall–Kier alpha value is -4.99. The van der Waals surface area contributed by atoms with E-state index in [9.17, 15) is 9.59 Å². The summed E-state index contributed by atoms with van der Waals surface area (Å²) in [6.07, 6.45) is 4.35. The molecular formula is C28H29N7O3. The van der Waals surface area contributed by atoms with Crippen molar-refractivity contribution in [2.45, 2.75) is 27.3 Å². The number of anilines is 1. The van der Waals surface area contributed by atoms with Gasteiger partial charge in [0.1, 0.15) is 17.5 Å². The number of amides is 2. The summed E-state index contributed by atoms with van der Waals surface area (Å²) < 4.78 is 6.72. The smallest absolute Gasteiger partial charge is 0.413 e. The molecule has 38 heavy (non-hydrogen) atoms. The van der Waals surface area contributed by atoms with Crippen LogP contribution >= 0.6 is 0 Å². The van der Waals surface area contributed by atoms with Crippen molar-refractivity contribution < 1.29 is 14.3 Å². The lowest BCUT2D eigenvalue weighted by Gasteiger charge is -2.13. The van der Waals surface area contributed by atoms with Crippen LogP contribution in [0.1, 0.15) is 43.4 Å². The van der Waals surface area contributed by atoms with Gasteiger partial charge in [-0.15, -0.1) is 0 Å². The van der Waals surface area contributed by atoms with Gasteiger partial charge in [0.15, 0.2) is 0 Å². The number of nitrogens with zero attached hydrogens (tertiary/aromatic N) is 4. The largest absolute Gasteiger partial charge is 0.450 e. The van der Waals surface area contributed by atoms with Crippen LogP contribution in [-0.4, -0.2) is 43.1 Å². The average Bonchev–Trinajstić information content (AvgIpc) is 3.56. The third-order valence-electron chi connectivity index (χ3n) is 5.77. The fraction of sp³-hybridized carbons (Fsp3) is 0.179. The Kier molecular flexibility index (Phi) is 7.81. The zero-order valence-electron chi connectivity index (χ0n) is 20.3. The van der Waals surface area contributed by atoms with E-state index in [1.807, 2.05) is 67.6 Å². The SMILES string of the molecule is C.CCOC(=O)Nc1nc2c(-c3ccccn3)cc(-n3cnc(C(=O)N[C@@H](C)c4ccccc4)c3)cc2[nH]1. The predicted molar refractivity (Wildman–Crippen MR) is 146 cm³/mol. The quantitative estimate of drug-likeness (QED) is 0.265. The van der Waals surface area contributed by atoms with Crippen LogP contribution in [0, 0.1) is 0 Å². The van der Waals surface area contributed by atoms with E-state index in [0.29, 0.717) is 16.7 Å². The van der Waals surface area contributed by atoms with Crippen LogP contribution in [0.15, 0.2) is 79.4 Å². The molecular weight excluding hydrogens is 482 g/mol. The van der Waals surface area contributed by atoms with Crippen LogP contribution in [0.4, 0.5) is 10.7 Å². The number of aromatic nitrogens is 5. The highest BCUT2D eigenvalue weighted by molar-refractivity contribution is 5.96. The summed E-state index contributed by atoms with van der Waals surface area (Å²) in [5, 5.41) is 5.58. The molecule has 0 unspecified atom stereocenters. The lowest BCUT2D eigenvalue weighted by Crippen LogP contribution is -2.26. The van der Waals surface area contributed by atoms with Crippen molar-refractivity contribution in [3.8, 4) is 16.9 Å². The normalized spacial score (nSPS) is 11.4. The van der Waals surface area contributed by atoms with Gasteiger partial charge >= 0.3 is 6.09 Å². The Bertz CT molecular complexity index is 1550. The molecule has 0 aliphatic rings. The molecule has 10 nitrogen and oxygen atoms in total.